The number of nitro groups is 1. The molecule has 0 aliphatic carbocycles. The van der Waals surface area contributed by atoms with Gasteiger partial charge in [0.1, 0.15) is 13.2 Å². The Bertz CT molecular complexity index is 1150. The number of amides is 1. The molecule has 0 radical (unpaired) electrons. The molecule has 0 fully saturated rings. The molecule has 28 heavy (non-hydrogen) atoms. The van der Waals surface area contributed by atoms with Crippen LogP contribution in [0.2, 0.25) is 0 Å². The van der Waals surface area contributed by atoms with E-state index in [0.29, 0.717) is 36.1 Å². The Balaban J connectivity index is 1.82. The van der Waals surface area contributed by atoms with Gasteiger partial charge < -0.3 is 14.0 Å². The third-order valence-corrected chi connectivity index (χ3v) is 5.34. The maximum atomic E-state index is 12.6. The van der Waals surface area contributed by atoms with Gasteiger partial charge in [-0.1, -0.05) is 24.3 Å². The molecule has 2 aromatic carbocycles. The van der Waals surface area contributed by atoms with Gasteiger partial charge in [-0.15, -0.1) is 0 Å². The van der Waals surface area contributed by atoms with Crippen LogP contribution in [0.4, 0.5) is 5.69 Å². The zero-order valence-corrected chi connectivity index (χ0v) is 15.9. The summed E-state index contributed by atoms with van der Waals surface area (Å²) in [4.78, 5) is 27.8. The second-order valence-corrected chi connectivity index (χ2v) is 7.23. The number of ether oxygens (including phenoxy) is 2. The first-order valence-electron chi connectivity index (χ1n) is 8.83. The minimum atomic E-state index is -0.530. The van der Waals surface area contributed by atoms with E-state index in [1.165, 1.54) is 35.6 Å². The van der Waals surface area contributed by atoms with Crippen molar-refractivity contribution in [3.8, 4) is 11.5 Å². The van der Waals surface area contributed by atoms with E-state index in [0.717, 1.165) is 16.6 Å². The number of benzene rings is 2. The molecule has 0 unspecified atom stereocenters. The molecule has 0 N–H and O–H groups in total. The maximum Gasteiger partial charge on any atom is 0.279 e. The van der Waals surface area contributed by atoms with Crippen LogP contribution in [0.3, 0.4) is 0 Å². The Hall–Kier alpha value is -3.20. The lowest BCUT2D eigenvalue weighted by molar-refractivity contribution is -0.384. The number of nitrogens with zero attached hydrogens (tertiary/aromatic N) is 3. The standard InChI is InChI=1S/C19H17N3O5S/c1-2-6-21-14-10-15-16(27-8-7-26-15)11-17(14)28-19(21)20-18(23)12-4-3-5-13(9-12)22(24)25/h3-5,9-11H,2,6-8H2,1H3. The second kappa shape index (κ2) is 7.43. The lowest BCUT2D eigenvalue weighted by Crippen LogP contribution is -2.17. The fourth-order valence-corrected chi connectivity index (χ4v) is 4.10. The fourth-order valence-electron chi connectivity index (χ4n) is 3.04. The number of non-ortho nitro benzene ring substituents is 1. The van der Waals surface area contributed by atoms with Crippen molar-refractivity contribution in [1.82, 2.24) is 4.57 Å². The SMILES string of the molecule is CCCn1c(=NC(=O)c2cccc([N+](=O)[O-])c2)sc2cc3c(cc21)OCCO3. The minimum absolute atomic E-state index is 0.138. The van der Waals surface area contributed by atoms with E-state index >= 15 is 0 Å². The maximum absolute atomic E-state index is 12.6. The molecule has 1 aliphatic heterocycles. The van der Waals surface area contributed by atoms with Gasteiger partial charge in [0.15, 0.2) is 16.3 Å². The van der Waals surface area contributed by atoms with Crippen molar-refractivity contribution in [3.63, 3.8) is 0 Å². The highest BCUT2D eigenvalue weighted by Crippen LogP contribution is 2.35. The molecule has 0 saturated heterocycles. The van der Waals surface area contributed by atoms with E-state index < -0.39 is 10.8 Å². The number of aryl methyl sites for hydroxylation is 1. The van der Waals surface area contributed by atoms with Crippen LogP contribution in [0.5, 0.6) is 11.5 Å². The van der Waals surface area contributed by atoms with E-state index in [1.807, 2.05) is 23.6 Å². The van der Waals surface area contributed by atoms with Gasteiger partial charge in [-0.3, -0.25) is 14.9 Å². The number of thiazole rings is 1. The van der Waals surface area contributed by atoms with Crippen LogP contribution in [-0.4, -0.2) is 28.6 Å². The smallest absolute Gasteiger partial charge is 0.279 e. The van der Waals surface area contributed by atoms with Crippen LogP contribution in [0, 0.1) is 10.1 Å². The van der Waals surface area contributed by atoms with Gasteiger partial charge in [0.05, 0.1) is 15.1 Å². The summed E-state index contributed by atoms with van der Waals surface area (Å²) >= 11 is 1.38. The molecule has 0 bridgehead atoms. The second-order valence-electron chi connectivity index (χ2n) is 6.22. The van der Waals surface area contributed by atoms with Gasteiger partial charge in [0.2, 0.25) is 0 Å². The fraction of sp³-hybridized carbons (Fsp3) is 0.263. The molecule has 0 spiro atoms. The Kier molecular flexibility index (Phi) is 4.82. The molecule has 1 aromatic heterocycles. The van der Waals surface area contributed by atoms with Crippen LogP contribution in [0.15, 0.2) is 41.4 Å². The summed E-state index contributed by atoms with van der Waals surface area (Å²) in [5.41, 5.74) is 0.961. The van der Waals surface area contributed by atoms with E-state index in [9.17, 15) is 14.9 Å². The van der Waals surface area contributed by atoms with Crippen molar-refractivity contribution < 1.29 is 19.2 Å². The van der Waals surface area contributed by atoms with Crippen LogP contribution < -0.4 is 14.3 Å². The zero-order chi connectivity index (χ0) is 19.7. The van der Waals surface area contributed by atoms with Crippen LogP contribution in [-0.2, 0) is 6.54 Å². The highest BCUT2D eigenvalue weighted by Gasteiger charge is 2.17. The molecule has 8 nitrogen and oxygen atoms in total. The van der Waals surface area contributed by atoms with Crippen molar-refractivity contribution >= 4 is 33.1 Å². The molecule has 1 aliphatic rings. The molecular weight excluding hydrogens is 382 g/mol. The first-order valence-corrected chi connectivity index (χ1v) is 9.65. The average Bonchev–Trinajstić information content (AvgIpc) is 3.02. The van der Waals surface area contributed by atoms with E-state index in [-0.39, 0.29) is 11.3 Å². The summed E-state index contributed by atoms with van der Waals surface area (Å²) in [5, 5.41) is 11.0. The van der Waals surface area contributed by atoms with Crippen molar-refractivity contribution in [3.05, 3.63) is 56.9 Å². The predicted octanol–water partition coefficient (Wildman–Crippen LogP) is 3.53. The normalized spacial score (nSPS) is 13.7. The van der Waals surface area contributed by atoms with Gasteiger partial charge >= 0.3 is 0 Å². The van der Waals surface area contributed by atoms with Crippen LogP contribution >= 0.6 is 11.3 Å². The highest BCUT2D eigenvalue weighted by atomic mass is 32.1. The first kappa shape index (κ1) is 18.2. The topological polar surface area (TPSA) is 96.0 Å². The van der Waals surface area contributed by atoms with Gasteiger partial charge in [-0.05, 0) is 12.5 Å². The summed E-state index contributed by atoms with van der Waals surface area (Å²) in [6.45, 7) is 3.72. The first-order chi connectivity index (χ1) is 13.6. The van der Waals surface area contributed by atoms with Crippen molar-refractivity contribution in [2.24, 2.45) is 4.99 Å². The highest BCUT2D eigenvalue weighted by molar-refractivity contribution is 7.16. The molecule has 9 heteroatoms. The minimum Gasteiger partial charge on any atom is -0.486 e. The number of aromatic nitrogens is 1. The lowest BCUT2D eigenvalue weighted by Gasteiger charge is -2.18. The summed E-state index contributed by atoms with van der Waals surface area (Å²) in [6, 6.07) is 9.40. The Labute approximate surface area is 163 Å². The van der Waals surface area contributed by atoms with E-state index in [4.69, 9.17) is 9.47 Å². The Morgan fingerprint density at radius 2 is 2.00 bits per heavy atom. The summed E-state index contributed by atoms with van der Waals surface area (Å²) in [6.07, 6.45) is 0.860. The summed E-state index contributed by atoms with van der Waals surface area (Å²) in [7, 11) is 0. The van der Waals surface area contributed by atoms with Crippen molar-refractivity contribution in [1.29, 1.82) is 0 Å². The largest absolute Gasteiger partial charge is 0.486 e. The lowest BCUT2D eigenvalue weighted by atomic mass is 10.2. The molecule has 4 rings (SSSR count). The number of hydrogen-bond donors (Lipinski definition) is 0. The third kappa shape index (κ3) is 3.36. The van der Waals surface area contributed by atoms with Gasteiger partial charge in [-0.25, -0.2) is 0 Å². The molecule has 0 atom stereocenters. The molecule has 2 heterocycles. The van der Waals surface area contributed by atoms with Crippen LogP contribution in [0.1, 0.15) is 23.7 Å². The predicted molar refractivity (Wildman–Crippen MR) is 104 cm³/mol. The summed E-state index contributed by atoms with van der Waals surface area (Å²) < 4.78 is 14.2. The molecule has 3 aromatic rings. The van der Waals surface area contributed by atoms with E-state index in [1.54, 1.807) is 0 Å². The molecule has 0 saturated carbocycles. The number of carbonyl (C=O) groups excluding carboxylic acids is 1. The third-order valence-electron chi connectivity index (χ3n) is 4.30. The van der Waals surface area contributed by atoms with Crippen molar-refractivity contribution in [2.45, 2.75) is 19.9 Å². The number of hydrogen-bond acceptors (Lipinski definition) is 6. The Morgan fingerprint density at radius 3 is 2.71 bits per heavy atom. The zero-order valence-electron chi connectivity index (χ0n) is 15.1. The monoisotopic (exact) mass is 399 g/mol. The van der Waals surface area contributed by atoms with Gasteiger partial charge in [0, 0.05) is 36.4 Å². The summed E-state index contributed by atoms with van der Waals surface area (Å²) in [5.74, 6) is 0.843. The number of nitro benzene ring substituents is 1. The Morgan fingerprint density at radius 1 is 1.25 bits per heavy atom. The number of rotatable bonds is 4. The van der Waals surface area contributed by atoms with E-state index in [2.05, 4.69) is 4.99 Å². The molecule has 1 amide bonds. The molecule has 144 valence electrons. The van der Waals surface area contributed by atoms with Crippen molar-refractivity contribution in [2.75, 3.05) is 13.2 Å². The molecular formula is C19H17N3O5S. The van der Waals surface area contributed by atoms with Gasteiger partial charge in [0.25, 0.3) is 11.6 Å². The average molecular weight is 399 g/mol. The number of carbonyl (C=O) groups is 1. The van der Waals surface area contributed by atoms with Crippen LogP contribution in [0.25, 0.3) is 10.2 Å². The number of fused-ring (bicyclic) bond motifs is 2. The quantitative estimate of drug-likeness (QED) is 0.494. The van der Waals surface area contributed by atoms with Gasteiger partial charge in [-0.2, -0.15) is 4.99 Å².